The van der Waals surface area contributed by atoms with Crippen LogP contribution in [0.5, 0.6) is 5.88 Å². The average Bonchev–Trinajstić information content (AvgIpc) is 2.39. The predicted octanol–water partition coefficient (Wildman–Crippen LogP) is 2.39. The molecule has 6 heteroatoms. The van der Waals surface area contributed by atoms with Crippen molar-refractivity contribution in [2.24, 2.45) is 0 Å². The Kier molecular flexibility index (Phi) is 3.74. The SMILES string of the molecule is COc1cc(C(=O)Nc2cccc(Cl)c2)ncn1. The molecule has 2 rings (SSSR count). The van der Waals surface area contributed by atoms with Crippen molar-refractivity contribution in [3.8, 4) is 5.88 Å². The molecule has 1 heterocycles. The molecule has 0 saturated heterocycles. The molecule has 0 aliphatic carbocycles. The number of anilines is 1. The highest BCUT2D eigenvalue weighted by Crippen LogP contribution is 2.16. The van der Waals surface area contributed by atoms with Gasteiger partial charge < -0.3 is 10.1 Å². The van der Waals surface area contributed by atoms with Crippen LogP contribution in [0.3, 0.4) is 0 Å². The van der Waals surface area contributed by atoms with Crippen LogP contribution in [-0.2, 0) is 0 Å². The number of nitrogens with zero attached hydrogens (tertiary/aromatic N) is 2. The van der Waals surface area contributed by atoms with Gasteiger partial charge in [-0.15, -0.1) is 0 Å². The summed E-state index contributed by atoms with van der Waals surface area (Å²) in [6.45, 7) is 0. The van der Waals surface area contributed by atoms with E-state index in [0.29, 0.717) is 16.6 Å². The van der Waals surface area contributed by atoms with Gasteiger partial charge in [0.05, 0.1) is 7.11 Å². The van der Waals surface area contributed by atoms with E-state index in [9.17, 15) is 4.79 Å². The first kappa shape index (κ1) is 12.3. The number of hydrogen-bond donors (Lipinski definition) is 1. The van der Waals surface area contributed by atoms with Crippen molar-refractivity contribution in [1.82, 2.24) is 9.97 Å². The minimum atomic E-state index is -0.349. The number of carbonyl (C=O) groups excluding carboxylic acids is 1. The molecule has 2 aromatic rings. The third-order valence-electron chi connectivity index (χ3n) is 2.17. The van der Waals surface area contributed by atoms with E-state index in [2.05, 4.69) is 15.3 Å². The van der Waals surface area contributed by atoms with Crippen LogP contribution in [0.15, 0.2) is 36.7 Å². The molecule has 1 amide bonds. The van der Waals surface area contributed by atoms with Crippen molar-refractivity contribution in [2.75, 3.05) is 12.4 Å². The number of aromatic nitrogens is 2. The Morgan fingerprint density at radius 3 is 2.89 bits per heavy atom. The van der Waals surface area contributed by atoms with Crippen molar-refractivity contribution in [3.05, 3.63) is 47.4 Å². The highest BCUT2D eigenvalue weighted by atomic mass is 35.5. The molecule has 0 saturated carbocycles. The number of benzene rings is 1. The molecule has 1 N–H and O–H groups in total. The van der Waals surface area contributed by atoms with Crippen LogP contribution >= 0.6 is 11.6 Å². The quantitative estimate of drug-likeness (QED) is 0.923. The molecule has 0 radical (unpaired) electrons. The Morgan fingerprint density at radius 2 is 2.17 bits per heavy atom. The van der Waals surface area contributed by atoms with E-state index >= 15 is 0 Å². The molecule has 0 aliphatic rings. The zero-order chi connectivity index (χ0) is 13.0. The molecule has 1 aromatic carbocycles. The van der Waals surface area contributed by atoms with E-state index in [1.807, 2.05) is 0 Å². The first-order valence-corrected chi connectivity index (χ1v) is 5.50. The van der Waals surface area contributed by atoms with Crippen LogP contribution in [0, 0.1) is 0 Å². The second kappa shape index (κ2) is 5.46. The van der Waals surface area contributed by atoms with Crippen LogP contribution in [-0.4, -0.2) is 23.0 Å². The van der Waals surface area contributed by atoms with Gasteiger partial charge in [-0.3, -0.25) is 4.79 Å². The predicted molar refractivity (Wildman–Crippen MR) is 68.0 cm³/mol. The number of halogens is 1. The average molecular weight is 264 g/mol. The normalized spacial score (nSPS) is 9.89. The van der Waals surface area contributed by atoms with Gasteiger partial charge in [0.25, 0.3) is 5.91 Å². The second-order valence-corrected chi connectivity index (χ2v) is 3.85. The standard InChI is InChI=1S/C12H10ClN3O2/c1-18-11-6-10(14-7-15-11)12(17)16-9-4-2-3-8(13)5-9/h2-7H,1H3,(H,16,17). The zero-order valence-electron chi connectivity index (χ0n) is 9.55. The highest BCUT2D eigenvalue weighted by Gasteiger charge is 2.09. The lowest BCUT2D eigenvalue weighted by molar-refractivity contribution is 0.102. The molecule has 0 aliphatic heterocycles. The molecule has 92 valence electrons. The zero-order valence-corrected chi connectivity index (χ0v) is 10.3. The van der Waals surface area contributed by atoms with E-state index in [1.54, 1.807) is 24.3 Å². The summed E-state index contributed by atoms with van der Waals surface area (Å²) in [5.41, 5.74) is 0.826. The first-order chi connectivity index (χ1) is 8.69. The number of hydrogen-bond acceptors (Lipinski definition) is 4. The Morgan fingerprint density at radius 1 is 1.33 bits per heavy atom. The van der Waals surface area contributed by atoms with Gasteiger partial charge in [-0.05, 0) is 18.2 Å². The van der Waals surface area contributed by atoms with Gasteiger partial charge in [0.2, 0.25) is 5.88 Å². The summed E-state index contributed by atoms with van der Waals surface area (Å²) in [5, 5.41) is 3.23. The van der Waals surface area contributed by atoms with Crippen LogP contribution in [0.4, 0.5) is 5.69 Å². The molecule has 0 spiro atoms. The fourth-order valence-corrected chi connectivity index (χ4v) is 1.53. The van der Waals surface area contributed by atoms with Crippen LogP contribution in [0.2, 0.25) is 5.02 Å². The summed E-state index contributed by atoms with van der Waals surface area (Å²) in [4.78, 5) is 19.6. The Hall–Kier alpha value is -2.14. The van der Waals surface area contributed by atoms with Crippen LogP contribution < -0.4 is 10.1 Å². The smallest absolute Gasteiger partial charge is 0.274 e. The summed E-state index contributed by atoms with van der Waals surface area (Å²) < 4.78 is 4.92. The van der Waals surface area contributed by atoms with E-state index in [-0.39, 0.29) is 11.6 Å². The topological polar surface area (TPSA) is 64.1 Å². The monoisotopic (exact) mass is 263 g/mol. The number of ether oxygens (including phenoxy) is 1. The third-order valence-corrected chi connectivity index (χ3v) is 2.40. The molecular formula is C12H10ClN3O2. The molecule has 1 aromatic heterocycles. The van der Waals surface area contributed by atoms with Gasteiger partial charge in [0.15, 0.2) is 0 Å². The molecule has 0 bridgehead atoms. The van der Waals surface area contributed by atoms with Crippen LogP contribution in [0.1, 0.15) is 10.5 Å². The third kappa shape index (κ3) is 2.95. The molecule has 5 nitrogen and oxygen atoms in total. The second-order valence-electron chi connectivity index (χ2n) is 3.41. The van der Waals surface area contributed by atoms with Crippen molar-refractivity contribution >= 4 is 23.2 Å². The lowest BCUT2D eigenvalue weighted by Crippen LogP contribution is -2.14. The van der Waals surface area contributed by atoms with Crippen LogP contribution in [0.25, 0.3) is 0 Å². The Bertz CT molecular complexity index is 575. The van der Waals surface area contributed by atoms with E-state index in [0.717, 1.165) is 0 Å². The molecule has 0 unspecified atom stereocenters. The number of methoxy groups -OCH3 is 1. The van der Waals surface area contributed by atoms with Crippen molar-refractivity contribution in [1.29, 1.82) is 0 Å². The lowest BCUT2D eigenvalue weighted by atomic mass is 10.3. The number of amides is 1. The number of nitrogens with one attached hydrogen (secondary N) is 1. The molecule has 0 fully saturated rings. The van der Waals surface area contributed by atoms with Gasteiger partial charge >= 0.3 is 0 Å². The van der Waals surface area contributed by atoms with Crippen molar-refractivity contribution in [3.63, 3.8) is 0 Å². The molecule has 0 atom stereocenters. The fraction of sp³-hybridized carbons (Fsp3) is 0.0833. The minimum absolute atomic E-state index is 0.224. The Labute approximate surface area is 109 Å². The lowest BCUT2D eigenvalue weighted by Gasteiger charge is -2.05. The van der Waals surface area contributed by atoms with Gasteiger partial charge in [-0.25, -0.2) is 9.97 Å². The summed E-state index contributed by atoms with van der Waals surface area (Å²) in [6, 6.07) is 8.32. The summed E-state index contributed by atoms with van der Waals surface area (Å²) in [5.74, 6) is -0.0146. The van der Waals surface area contributed by atoms with Gasteiger partial charge in [0, 0.05) is 16.8 Å². The summed E-state index contributed by atoms with van der Waals surface area (Å²) in [6.07, 6.45) is 1.27. The number of carbonyl (C=O) groups is 1. The minimum Gasteiger partial charge on any atom is -0.481 e. The fourth-order valence-electron chi connectivity index (χ4n) is 1.34. The maximum absolute atomic E-state index is 11.9. The van der Waals surface area contributed by atoms with Crippen molar-refractivity contribution in [2.45, 2.75) is 0 Å². The summed E-state index contributed by atoms with van der Waals surface area (Å²) >= 11 is 5.83. The summed E-state index contributed by atoms with van der Waals surface area (Å²) in [7, 11) is 1.47. The van der Waals surface area contributed by atoms with E-state index in [1.165, 1.54) is 19.5 Å². The Balaban J connectivity index is 2.16. The van der Waals surface area contributed by atoms with E-state index in [4.69, 9.17) is 16.3 Å². The molecule has 18 heavy (non-hydrogen) atoms. The highest BCUT2D eigenvalue weighted by molar-refractivity contribution is 6.30. The number of rotatable bonds is 3. The molecular weight excluding hydrogens is 254 g/mol. The maximum atomic E-state index is 11.9. The maximum Gasteiger partial charge on any atom is 0.274 e. The van der Waals surface area contributed by atoms with Gasteiger partial charge in [-0.2, -0.15) is 0 Å². The van der Waals surface area contributed by atoms with Gasteiger partial charge in [0.1, 0.15) is 12.0 Å². The van der Waals surface area contributed by atoms with E-state index < -0.39 is 0 Å². The van der Waals surface area contributed by atoms with Gasteiger partial charge in [-0.1, -0.05) is 17.7 Å². The first-order valence-electron chi connectivity index (χ1n) is 5.12. The largest absolute Gasteiger partial charge is 0.481 e. The van der Waals surface area contributed by atoms with Crippen molar-refractivity contribution < 1.29 is 9.53 Å².